The SMILES string of the molecule is CCc1nn(-c2ccc(F)cc2C)c(CC)c1C=O. The molecule has 0 fully saturated rings. The molecule has 0 atom stereocenters. The number of carbonyl (C=O) groups is 1. The maximum Gasteiger partial charge on any atom is 0.153 e. The Kier molecular flexibility index (Phi) is 3.79. The summed E-state index contributed by atoms with van der Waals surface area (Å²) in [5.41, 5.74) is 3.95. The minimum atomic E-state index is -0.266. The summed E-state index contributed by atoms with van der Waals surface area (Å²) in [5, 5.41) is 4.49. The molecular formula is C15H17FN2O. The molecule has 0 spiro atoms. The number of halogens is 1. The second kappa shape index (κ2) is 5.34. The second-order valence-corrected chi connectivity index (χ2v) is 4.47. The summed E-state index contributed by atoms with van der Waals surface area (Å²) in [6.45, 7) is 5.79. The Balaban J connectivity index is 2.67. The molecular weight excluding hydrogens is 243 g/mol. The molecule has 1 aromatic heterocycles. The van der Waals surface area contributed by atoms with E-state index in [0.29, 0.717) is 18.4 Å². The summed E-state index contributed by atoms with van der Waals surface area (Å²) in [6, 6.07) is 4.59. The van der Waals surface area contributed by atoms with Crippen LogP contribution in [0.2, 0.25) is 0 Å². The molecule has 4 heteroatoms. The number of aryl methyl sites for hydroxylation is 2. The van der Waals surface area contributed by atoms with Gasteiger partial charge in [-0.2, -0.15) is 5.10 Å². The van der Waals surface area contributed by atoms with Crippen LogP contribution in [0.25, 0.3) is 5.69 Å². The van der Waals surface area contributed by atoms with E-state index in [1.807, 2.05) is 20.8 Å². The molecule has 100 valence electrons. The quantitative estimate of drug-likeness (QED) is 0.791. The first-order valence-electron chi connectivity index (χ1n) is 6.44. The maximum atomic E-state index is 13.2. The molecule has 0 saturated heterocycles. The molecule has 2 rings (SSSR count). The standard InChI is InChI=1S/C15H17FN2O/c1-4-13-12(9-19)14(5-2)18(17-13)15-7-6-11(16)8-10(15)3/h6-9H,4-5H2,1-3H3. The van der Waals surface area contributed by atoms with Gasteiger partial charge >= 0.3 is 0 Å². The predicted molar refractivity (Wildman–Crippen MR) is 72.4 cm³/mol. The van der Waals surface area contributed by atoms with Crippen molar-refractivity contribution < 1.29 is 9.18 Å². The molecule has 0 bridgehead atoms. The van der Waals surface area contributed by atoms with Crippen LogP contribution in [0, 0.1) is 12.7 Å². The molecule has 1 aromatic carbocycles. The first-order valence-corrected chi connectivity index (χ1v) is 6.44. The lowest BCUT2D eigenvalue weighted by Gasteiger charge is -2.09. The predicted octanol–water partition coefficient (Wildman–Crippen LogP) is 3.26. The van der Waals surface area contributed by atoms with Gasteiger partial charge in [0.1, 0.15) is 5.82 Å². The average Bonchev–Trinajstić information content (AvgIpc) is 2.76. The van der Waals surface area contributed by atoms with Crippen molar-refractivity contribution in [3.05, 3.63) is 46.5 Å². The highest BCUT2D eigenvalue weighted by atomic mass is 19.1. The summed E-state index contributed by atoms with van der Waals surface area (Å²) in [6.07, 6.45) is 2.27. The maximum absolute atomic E-state index is 13.2. The molecule has 19 heavy (non-hydrogen) atoms. The van der Waals surface area contributed by atoms with Crippen molar-refractivity contribution >= 4 is 6.29 Å². The van der Waals surface area contributed by atoms with Crippen LogP contribution in [0.4, 0.5) is 4.39 Å². The summed E-state index contributed by atoms with van der Waals surface area (Å²) in [4.78, 5) is 11.2. The van der Waals surface area contributed by atoms with Gasteiger partial charge in [0.05, 0.1) is 22.6 Å². The topological polar surface area (TPSA) is 34.9 Å². The van der Waals surface area contributed by atoms with Crippen LogP contribution >= 0.6 is 0 Å². The van der Waals surface area contributed by atoms with Gasteiger partial charge in [0.25, 0.3) is 0 Å². The van der Waals surface area contributed by atoms with E-state index in [1.165, 1.54) is 12.1 Å². The average molecular weight is 260 g/mol. The molecule has 0 saturated carbocycles. The number of hydrogen-bond acceptors (Lipinski definition) is 2. The summed E-state index contributed by atoms with van der Waals surface area (Å²) in [7, 11) is 0. The Morgan fingerprint density at radius 3 is 2.58 bits per heavy atom. The first-order chi connectivity index (χ1) is 9.12. The fraction of sp³-hybridized carbons (Fsp3) is 0.333. The highest BCUT2D eigenvalue weighted by Crippen LogP contribution is 2.21. The van der Waals surface area contributed by atoms with Crippen LogP contribution in [-0.4, -0.2) is 16.1 Å². The number of aldehydes is 1. The van der Waals surface area contributed by atoms with E-state index in [4.69, 9.17) is 0 Å². The van der Waals surface area contributed by atoms with E-state index in [9.17, 15) is 9.18 Å². The van der Waals surface area contributed by atoms with Gasteiger partial charge in [-0.3, -0.25) is 4.79 Å². The molecule has 0 amide bonds. The lowest BCUT2D eigenvalue weighted by atomic mass is 10.1. The van der Waals surface area contributed by atoms with Gasteiger partial charge in [0, 0.05) is 0 Å². The van der Waals surface area contributed by atoms with E-state index in [0.717, 1.165) is 28.9 Å². The Bertz CT molecular complexity index is 617. The van der Waals surface area contributed by atoms with Crippen LogP contribution in [-0.2, 0) is 12.8 Å². The minimum absolute atomic E-state index is 0.266. The highest BCUT2D eigenvalue weighted by molar-refractivity contribution is 5.78. The zero-order chi connectivity index (χ0) is 14.0. The van der Waals surface area contributed by atoms with Crippen molar-refractivity contribution in [2.45, 2.75) is 33.6 Å². The molecule has 0 aliphatic heterocycles. The van der Waals surface area contributed by atoms with Gasteiger partial charge < -0.3 is 0 Å². The third-order valence-corrected chi connectivity index (χ3v) is 3.27. The van der Waals surface area contributed by atoms with Gasteiger partial charge in [-0.1, -0.05) is 13.8 Å². The van der Waals surface area contributed by atoms with Crippen molar-refractivity contribution in [3.8, 4) is 5.69 Å². The largest absolute Gasteiger partial charge is 0.298 e. The zero-order valence-corrected chi connectivity index (χ0v) is 11.4. The smallest absolute Gasteiger partial charge is 0.153 e. The van der Waals surface area contributed by atoms with E-state index < -0.39 is 0 Å². The van der Waals surface area contributed by atoms with Crippen LogP contribution < -0.4 is 0 Å². The van der Waals surface area contributed by atoms with E-state index in [2.05, 4.69) is 5.10 Å². The number of nitrogens with zero attached hydrogens (tertiary/aromatic N) is 2. The number of benzene rings is 1. The van der Waals surface area contributed by atoms with Gasteiger partial charge in [-0.15, -0.1) is 0 Å². The van der Waals surface area contributed by atoms with Crippen LogP contribution in [0.3, 0.4) is 0 Å². The van der Waals surface area contributed by atoms with Gasteiger partial charge in [0.2, 0.25) is 0 Å². The zero-order valence-electron chi connectivity index (χ0n) is 11.4. The lowest BCUT2D eigenvalue weighted by molar-refractivity contribution is 0.112. The first kappa shape index (κ1) is 13.5. The van der Waals surface area contributed by atoms with Crippen molar-refractivity contribution in [2.24, 2.45) is 0 Å². The molecule has 3 nitrogen and oxygen atoms in total. The van der Waals surface area contributed by atoms with Crippen molar-refractivity contribution in [1.82, 2.24) is 9.78 Å². The van der Waals surface area contributed by atoms with Gasteiger partial charge in [0.15, 0.2) is 6.29 Å². The highest BCUT2D eigenvalue weighted by Gasteiger charge is 2.17. The number of hydrogen-bond donors (Lipinski definition) is 0. The van der Waals surface area contributed by atoms with E-state index in [-0.39, 0.29) is 5.82 Å². The molecule has 0 aliphatic carbocycles. The summed E-state index contributed by atoms with van der Waals surface area (Å²) >= 11 is 0. The lowest BCUT2D eigenvalue weighted by Crippen LogP contribution is -2.04. The van der Waals surface area contributed by atoms with E-state index in [1.54, 1.807) is 10.7 Å². The van der Waals surface area contributed by atoms with Crippen molar-refractivity contribution in [3.63, 3.8) is 0 Å². The van der Waals surface area contributed by atoms with Crippen LogP contribution in [0.1, 0.15) is 41.2 Å². The fourth-order valence-electron chi connectivity index (χ4n) is 2.31. The Hall–Kier alpha value is -1.97. The Labute approximate surface area is 112 Å². The molecule has 0 aliphatic rings. The second-order valence-electron chi connectivity index (χ2n) is 4.47. The van der Waals surface area contributed by atoms with Crippen LogP contribution in [0.5, 0.6) is 0 Å². The number of carbonyl (C=O) groups excluding carboxylic acids is 1. The Morgan fingerprint density at radius 1 is 1.32 bits per heavy atom. The molecule has 2 aromatic rings. The van der Waals surface area contributed by atoms with E-state index >= 15 is 0 Å². The van der Waals surface area contributed by atoms with Gasteiger partial charge in [-0.25, -0.2) is 9.07 Å². The van der Waals surface area contributed by atoms with Gasteiger partial charge in [-0.05, 0) is 43.5 Å². The van der Waals surface area contributed by atoms with Crippen molar-refractivity contribution in [2.75, 3.05) is 0 Å². The third kappa shape index (κ3) is 2.30. The fourth-order valence-corrected chi connectivity index (χ4v) is 2.31. The normalized spacial score (nSPS) is 10.7. The molecule has 0 unspecified atom stereocenters. The molecule has 0 radical (unpaired) electrons. The molecule has 1 heterocycles. The number of aromatic nitrogens is 2. The monoisotopic (exact) mass is 260 g/mol. The summed E-state index contributed by atoms with van der Waals surface area (Å²) < 4.78 is 14.9. The molecule has 0 N–H and O–H groups in total. The third-order valence-electron chi connectivity index (χ3n) is 3.27. The minimum Gasteiger partial charge on any atom is -0.298 e. The number of rotatable bonds is 4. The summed E-state index contributed by atoms with van der Waals surface area (Å²) in [5.74, 6) is -0.266. The van der Waals surface area contributed by atoms with Crippen LogP contribution in [0.15, 0.2) is 18.2 Å². The van der Waals surface area contributed by atoms with Crippen molar-refractivity contribution in [1.29, 1.82) is 0 Å². The Morgan fingerprint density at radius 2 is 2.05 bits per heavy atom.